The number of nitrogens with one attached hydrogen (secondary N) is 1. The number of piperidine rings is 1. The van der Waals surface area contributed by atoms with Crippen LogP contribution in [0, 0.1) is 0 Å². The predicted octanol–water partition coefficient (Wildman–Crippen LogP) is 4.22. The monoisotopic (exact) mass is 448 g/mol. The van der Waals surface area contributed by atoms with Gasteiger partial charge in [-0.05, 0) is 61.7 Å². The molecule has 8 nitrogen and oxygen atoms in total. The Morgan fingerprint density at radius 1 is 1.18 bits per heavy atom. The summed E-state index contributed by atoms with van der Waals surface area (Å²) in [6.07, 6.45) is 3.19. The normalized spacial score (nSPS) is 13.7. The number of aromatic nitrogens is 2. The van der Waals surface area contributed by atoms with Crippen molar-refractivity contribution in [2.24, 2.45) is 0 Å². The number of nitrogens with zero attached hydrogens (tertiary/aromatic N) is 3. The lowest BCUT2D eigenvalue weighted by atomic mass is 10.1. The Balaban J connectivity index is 1.29. The Labute approximate surface area is 192 Å². The molecule has 33 heavy (non-hydrogen) atoms. The largest absolute Gasteiger partial charge is 0.494 e. The summed E-state index contributed by atoms with van der Waals surface area (Å²) in [5.74, 6) is 1.73. The number of benzene rings is 2. The van der Waals surface area contributed by atoms with E-state index < -0.39 is 0 Å². The molecular formula is C25H28N4O4. The minimum atomic E-state index is -0.137. The van der Waals surface area contributed by atoms with E-state index in [4.69, 9.17) is 9.26 Å². The average molecular weight is 449 g/mol. The van der Waals surface area contributed by atoms with E-state index in [-0.39, 0.29) is 18.2 Å². The highest BCUT2D eigenvalue weighted by atomic mass is 16.5. The van der Waals surface area contributed by atoms with Gasteiger partial charge in [-0.1, -0.05) is 17.3 Å². The van der Waals surface area contributed by atoms with Gasteiger partial charge in [0.25, 0.3) is 0 Å². The lowest BCUT2D eigenvalue weighted by molar-refractivity contribution is -0.133. The molecule has 0 bridgehead atoms. The van der Waals surface area contributed by atoms with E-state index in [0.717, 1.165) is 36.3 Å². The number of likely N-dealkylation sites (tertiary alicyclic amines) is 1. The van der Waals surface area contributed by atoms with E-state index in [2.05, 4.69) is 15.5 Å². The second kappa shape index (κ2) is 10.8. The van der Waals surface area contributed by atoms with E-state index in [1.165, 1.54) is 0 Å². The van der Waals surface area contributed by atoms with Gasteiger partial charge in [0.05, 0.1) is 6.61 Å². The molecule has 172 valence electrons. The predicted molar refractivity (Wildman–Crippen MR) is 124 cm³/mol. The number of ether oxygens (including phenoxy) is 1. The molecule has 1 fully saturated rings. The summed E-state index contributed by atoms with van der Waals surface area (Å²) in [4.78, 5) is 30.7. The van der Waals surface area contributed by atoms with E-state index in [9.17, 15) is 9.59 Å². The van der Waals surface area contributed by atoms with Crippen molar-refractivity contribution in [1.29, 1.82) is 0 Å². The molecule has 0 atom stereocenters. The van der Waals surface area contributed by atoms with Gasteiger partial charge in [0.1, 0.15) is 5.75 Å². The van der Waals surface area contributed by atoms with Crippen molar-refractivity contribution in [1.82, 2.24) is 15.0 Å². The van der Waals surface area contributed by atoms with Gasteiger partial charge in [0.2, 0.25) is 23.5 Å². The topological polar surface area (TPSA) is 97.6 Å². The van der Waals surface area contributed by atoms with E-state index in [0.29, 0.717) is 43.4 Å². The number of hydrogen-bond acceptors (Lipinski definition) is 6. The molecule has 0 spiro atoms. The van der Waals surface area contributed by atoms with Crippen molar-refractivity contribution in [3.63, 3.8) is 0 Å². The number of carbonyl (C=O) groups is 2. The van der Waals surface area contributed by atoms with Crippen molar-refractivity contribution >= 4 is 17.5 Å². The van der Waals surface area contributed by atoms with E-state index in [1.807, 2.05) is 60.4 Å². The van der Waals surface area contributed by atoms with Crippen LogP contribution in [0.25, 0.3) is 11.4 Å². The van der Waals surface area contributed by atoms with Crippen LogP contribution in [0.3, 0.4) is 0 Å². The number of rotatable bonds is 9. The van der Waals surface area contributed by atoms with Crippen molar-refractivity contribution in [2.45, 2.75) is 45.6 Å². The Hall–Kier alpha value is -3.68. The molecule has 1 saturated heterocycles. The summed E-state index contributed by atoms with van der Waals surface area (Å²) in [7, 11) is 0. The number of carbonyl (C=O) groups excluding carboxylic acids is 2. The molecule has 0 aliphatic carbocycles. The minimum absolute atomic E-state index is 0.137. The summed E-state index contributed by atoms with van der Waals surface area (Å²) >= 11 is 0. The Morgan fingerprint density at radius 3 is 2.82 bits per heavy atom. The summed E-state index contributed by atoms with van der Waals surface area (Å²) in [6.45, 7) is 3.90. The zero-order chi connectivity index (χ0) is 23.0. The number of amides is 2. The highest BCUT2D eigenvalue weighted by molar-refractivity contribution is 5.90. The van der Waals surface area contributed by atoms with Gasteiger partial charge in [-0.3, -0.25) is 9.59 Å². The molecule has 8 heteroatoms. The van der Waals surface area contributed by atoms with Gasteiger partial charge in [-0.15, -0.1) is 0 Å². The molecule has 1 aliphatic heterocycles. The number of hydrogen-bond donors (Lipinski definition) is 1. The lowest BCUT2D eigenvalue weighted by Gasteiger charge is -2.26. The van der Waals surface area contributed by atoms with Crippen LogP contribution in [-0.2, 0) is 22.6 Å². The zero-order valence-corrected chi connectivity index (χ0v) is 18.8. The smallest absolute Gasteiger partial charge is 0.227 e. The summed E-state index contributed by atoms with van der Waals surface area (Å²) in [5.41, 5.74) is 2.53. The SMILES string of the molecule is CCOc1ccc(-c2noc(CCC(=O)Nc3cccc(CN4CCCCC4=O)c3)n2)cc1. The van der Waals surface area contributed by atoms with E-state index in [1.54, 1.807) is 0 Å². The standard InChI is InChI=1S/C25H28N4O4/c1-2-32-21-11-9-19(10-12-21)25-27-23(33-28-25)14-13-22(30)26-20-7-5-6-18(16-20)17-29-15-4-3-8-24(29)31/h5-7,9-12,16H,2-4,8,13-15,17H2,1H3,(H,26,30). The third-order valence-electron chi connectivity index (χ3n) is 5.46. The Morgan fingerprint density at radius 2 is 2.03 bits per heavy atom. The number of aryl methyl sites for hydroxylation is 1. The van der Waals surface area contributed by atoms with Gasteiger partial charge in [-0.25, -0.2) is 0 Å². The first kappa shape index (κ1) is 22.5. The molecule has 1 aromatic heterocycles. The summed E-state index contributed by atoms with van der Waals surface area (Å²) < 4.78 is 10.7. The van der Waals surface area contributed by atoms with Crippen LogP contribution < -0.4 is 10.1 Å². The first-order valence-corrected chi connectivity index (χ1v) is 11.3. The van der Waals surface area contributed by atoms with Gasteiger partial charge < -0.3 is 19.5 Å². The van der Waals surface area contributed by atoms with Gasteiger partial charge >= 0.3 is 0 Å². The second-order valence-electron chi connectivity index (χ2n) is 7.99. The van der Waals surface area contributed by atoms with Crippen LogP contribution >= 0.6 is 0 Å². The molecule has 2 heterocycles. The number of anilines is 1. The average Bonchev–Trinajstić information content (AvgIpc) is 3.29. The molecule has 4 rings (SSSR count). The highest BCUT2D eigenvalue weighted by Crippen LogP contribution is 2.21. The zero-order valence-electron chi connectivity index (χ0n) is 18.8. The van der Waals surface area contributed by atoms with Crippen LogP contribution in [0.1, 0.15) is 44.1 Å². The van der Waals surface area contributed by atoms with Gasteiger partial charge in [-0.2, -0.15) is 4.98 Å². The molecule has 1 aliphatic rings. The second-order valence-corrected chi connectivity index (χ2v) is 7.99. The van der Waals surface area contributed by atoms with Crippen LogP contribution in [0.15, 0.2) is 53.1 Å². The Bertz CT molecular complexity index is 1090. The van der Waals surface area contributed by atoms with Gasteiger partial charge in [0.15, 0.2) is 0 Å². The van der Waals surface area contributed by atoms with Crippen LogP contribution in [0.4, 0.5) is 5.69 Å². The van der Waals surface area contributed by atoms with Gasteiger partial charge in [0, 0.05) is 43.6 Å². The molecular weight excluding hydrogens is 420 g/mol. The summed E-state index contributed by atoms with van der Waals surface area (Å²) in [6, 6.07) is 15.1. The van der Waals surface area contributed by atoms with Crippen molar-refractivity contribution in [3.8, 4) is 17.1 Å². The van der Waals surface area contributed by atoms with Crippen LogP contribution in [0.2, 0.25) is 0 Å². The molecule has 0 radical (unpaired) electrons. The maximum Gasteiger partial charge on any atom is 0.227 e. The van der Waals surface area contributed by atoms with Crippen molar-refractivity contribution in [3.05, 3.63) is 60.0 Å². The molecule has 2 aromatic carbocycles. The fraction of sp³-hybridized carbons (Fsp3) is 0.360. The fourth-order valence-corrected chi connectivity index (χ4v) is 3.78. The molecule has 2 amide bonds. The van der Waals surface area contributed by atoms with E-state index >= 15 is 0 Å². The minimum Gasteiger partial charge on any atom is -0.494 e. The first-order chi connectivity index (χ1) is 16.1. The third-order valence-corrected chi connectivity index (χ3v) is 5.46. The maximum atomic E-state index is 12.4. The molecule has 3 aromatic rings. The molecule has 0 saturated carbocycles. The maximum absolute atomic E-state index is 12.4. The quantitative estimate of drug-likeness (QED) is 0.526. The first-order valence-electron chi connectivity index (χ1n) is 11.3. The van der Waals surface area contributed by atoms with Crippen LogP contribution in [-0.4, -0.2) is 40.0 Å². The third kappa shape index (κ3) is 6.19. The lowest BCUT2D eigenvalue weighted by Crippen LogP contribution is -2.34. The molecule has 0 unspecified atom stereocenters. The van der Waals surface area contributed by atoms with Crippen molar-refractivity contribution in [2.75, 3.05) is 18.5 Å². The fourth-order valence-electron chi connectivity index (χ4n) is 3.78. The summed E-state index contributed by atoms with van der Waals surface area (Å²) in [5, 5.41) is 6.92. The highest BCUT2D eigenvalue weighted by Gasteiger charge is 2.18. The van der Waals surface area contributed by atoms with Crippen LogP contribution in [0.5, 0.6) is 5.75 Å². The van der Waals surface area contributed by atoms with Crippen molar-refractivity contribution < 1.29 is 18.8 Å². The Kier molecular flexibility index (Phi) is 7.34. The molecule has 1 N–H and O–H groups in total.